The summed E-state index contributed by atoms with van der Waals surface area (Å²) in [5.41, 5.74) is 9.24. The number of rotatable bonds is 7. The fourth-order valence-electron chi connectivity index (χ4n) is 1.85. The molecule has 2 aromatic rings. The molecule has 0 fully saturated rings. The Kier molecular flexibility index (Phi) is 5.59. The van der Waals surface area contributed by atoms with Crippen LogP contribution in [-0.2, 0) is 5.60 Å². The topological polar surface area (TPSA) is 103 Å². The summed E-state index contributed by atoms with van der Waals surface area (Å²) in [5, 5.41) is 16.4. The number of hydrogen-bond acceptors (Lipinski definition) is 7. The highest BCUT2D eigenvalue weighted by molar-refractivity contribution is 5.47. The molecule has 0 unspecified atom stereocenters. The molecule has 3 N–H and O–H groups in total. The first-order valence-electron chi connectivity index (χ1n) is 7.46. The van der Waals surface area contributed by atoms with E-state index in [1.54, 1.807) is 20.0 Å². The number of benzene rings is 1. The number of ether oxygens (including phenoxy) is 1. The van der Waals surface area contributed by atoms with Gasteiger partial charge in [-0.1, -0.05) is 12.1 Å². The van der Waals surface area contributed by atoms with Gasteiger partial charge in [-0.25, -0.2) is 15.5 Å². The standard InChI is InChI=1S/C17H21N5O2/c1-12-5-4-6-14(7-12)19-10-15(22-18)11-24-16-20-8-13(9-21-16)17(2,3)23/h4-10,18-19,23H,11H2,1-3H3/b15-10-,22-18?. The average Bonchev–Trinajstić information content (AvgIpc) is 2.55. The predicted octanol–water partition coefficient (Wildman–Crippen LogP) is 3.38. The lowest BCUT2D eigenvalue weighted by molar-refractivity contribution is 0.0776. The monoisotopic (exact) mass is 327 g/mol. The number of anilines is 1. The highest BCUT2D eigenvalue weighted by Gasteiger charge is 2.16. The third-order valence-electron chi connectivity index (χ3n) is 3.25. The van der Waals surface area contributed by atoms with Gasteiger partial charge in [-0.05, 0) is 38.5 Å². The van der Waals surface area contributed by atoms with E-state index in [-0.39, 0.29) is 12.6 Å². The Morgan fingerprint density at radius 3 is 2.67 bits per heavy atom. The van der Waals surface area contributed by atoms with Crippen molar-refractivity contribution in [1.29, 1.82) is 5.53 Å². The molecular weight excluding hydrogens is 306 g/mol. The number of aryl methyl sites for hydroxylation is 1. The third-order valence-corrected chi connectivity index (χ3v) is 3.25. The van der Waals surface area contributed by atoms with Gasteiger partial charge in [-0.3, -0.25) is 0 Å². The van der Waals surface area contributed by atoms with Gasteiger partial charge >= 0.3 is 6.01 Å². The second kappa shape index (κ2) is 7.65. The van der Waals surface area contributed by atoms with E-state index in [1.165, 1.54) is 12.4 Å². The minimum atomic E-state index is -1.00. The Labute approximate surface area is 140 Å². The first-order valence-corrected chi connectivity index (χ1v) is 7.46. The minimum absolute atomic E-state index is 0.0597. The largest absolute Gasteiger partial charge is 0.457 e. The summed E-state index contributed by atoms with van der Waals surface area (Å²) in [6, 6.07) is 8.01. The molecule has 126 valence electrons. The molecule has 0 saturated heterocycles. The van der Waals surface area contributed by atoms with Gasteiger partial charge in [0.2, 0.25) is 0 Å². The molecule has 0 amide bonds. The average molecular weight is 327 g/mol. The Morgan fingerprint density at radius 1 is 1.38 bits per heavy atom. The fourth-order valence-corrected chi connectivity index (χ4v) is 1.85. The molecule has 1 heterocycles. The third kappa shape index (κ3) is 5.13. The first kappa shape index (κ1) is 17.6. The maximum absolute atomic E-state index is 9.86. The second-order valence-corrected chi connectivity index (χ2v) is 5.86. The Bertz CT molecular complexity index is 721. The zero-order valence-electron chi connectivity index (χ0n) is 13.9. The quantitative estimate of drug-likeness (QED) is 0.676. The van der Waals surface area contributed by atoms with Crippen LogP contribution in [0.4, 0.5) is 5.69 Å². The van der Waals surface area contributed by atoms with Gasteiger partial charge < -0.3 is 15.2 Å². The van der Waals surface area contributed by atoms with Crippen molar-refractivity contribution in [3.05, 3.63) is 59.7 Å². The van der Waals surface area contributed by atoms with Crippen LogP contribution in [0.5, 0.6) is 6.01 Å². The van der Waals surface area contributed by atoms with Gasteiger partial charge in [0.15, 0.2) is 0 Å². The van der Waals surface area contributed by atoms with Crippen LogP contribution in [0, 0.1) is 12.5 Å². The summed E-state index contributed by atoms with van der Waals surface area (Å²) in [4.78, 5) is 8.07. The molecule has 0 saturated carbocycles. The molecule has 24 heavy (non-hydrogen) atoms. The van der Waals surface area contributed by atoms with Crippen LogP contribution in [0.1, 0.15) is 25.0 Å². The highest BCUT2D eigenvalue weighted by Crippen LogP contribution is 2.18. The van der Waals surface area contributed by atoms with E-state index in [9.17, 15) is 5.11 Å². The van der Waals surface area contributed by atoms with E-state index < -0.39 is 5.60 Å². The van der Waals surface area contributed by atoms with Crippen molar-refractivity contribution in [3.8, 4) is 6.01 Å². The van der Waals surface area contributed by atoms with Crippen molar-refractivity contribution in [1.82, 2.24) is 9.97 Å². The fraction of sp³-hybridized carbons (Fsp3) is 0.294. The number of nitrogens with one attached hydrogen (secondary N) is 2. The summed E-state index contributed by atoms with van der Waals surface area (Å²) in [7, 11) is 0. The van der Waals surface area contributed by atoms with Crippen molar-refractivity contribution in [2.75, 3.05) is 11.9 Å². The van der Waals surface area contributed by atoms with Crippen LogP contribution in [0.2, 0.25) is 0 Å². The molecule has 0 atom stereocenters. The van der Waals surface area contributed by atoms with E-state index in [0.29, 0.717) is 11.3 Å². The Hall–Kier alpha value is -2.80. The van der Waals surface area contributed by atoms with Crippen molar-refractivity contribution < 1.29 is 9.84 Å². The smallest absolute Gasteiger partial charge is 0.316 e. The van der Waals surface area contributed by atoms with E-state index in [4.69, 9.17) is 10.3 Å². The van der Waals surface area contributed by atoms with E-state index in [0.717, 1.165) is 11.3 Å². The molecular formula is C17H21N5O2. The van der Waals surface area contributed by atoms with Gasteiger partial charge in [-0.2, -0.15) is 5.11 Å². The SMILES string of the molecule is Cc1cccc(N/C=C(/COc2ncc(C(C)(C)O)cn2)N=N)c1. The molecule has 0 spiro atoms. The molecule has 1 aromatic carbocycles. The predicted molar refractivity (Wildman–Crippen MR) is 90.8 cm³/mol. The summed E-state index contributed by atoms with van der Waals surface area (Å²) in [6.45, 7) is 5.37. The van der Waals surface area contributed by atoms with Crippen LogP contribution in [0.25, 0.3) is 0 Å². The maximum Gasteiger partial charge on any atom is 0.316 e. The molecule has 7 nitrogen and oxygen atoms in total. The van der Waals surface area contributed by atoms with Crippen molar-refractivity contribution >= 4 is 5.69 Å². The molecule has 0 aliphatic heterocycles. The number of aliphatic hydroxyl groups is 1. The molecule has 1 aromatic heterocycles. The normalized spacial score (nSPS) is 11.9. The maximum atomic E-state index is 9.86. The molecule has 0 bridgehead atoms. The van der Waals surface area contributed by atoms with Crippen LogP contribution in [0.15, 0.2) is 53.7 Å². The summed E-state index contributed by atoms with van der Waals surface area (Å²) in [6.07, 6.45) is 4.62. The van der Waals surface area contributed by atoms with E-state index >= 15 is 0 Å². The Morgan fingerprint density at radius 2 is 2.08 bits per heavy atom. The summed E-state index contributed by atoms with van der Waals surface area (Å²) < 4.78 is 5.41. The zero-order valence-corrected chi connectivity index (χ0v) is 13.9. The molecule has 7 heteroatoms. The molecule has 0 aliphatic carbocycles. The molecule has 0 radical (unpaired) electrons. The van der Waals surface area contributed by atoms with Crippen molar-refractivity contribution in [3.63, 3.8) is 0 Å². The first-order chi connectivity index (χ1) is 11.4. The lowest BCUT2D eigenvalue weighted by Crippen LogP contribution is -2.16. The van der Waals surface area contributed by atoms with Gasteiger partial charge in [-0.15, -0.1) is 0 Å². The van der Waals surface area contributed by atoms with Crippen LogP contribution in [0.3, 0.4) is 0 Å². The molecule has 0 aliphatic rings. The van der Waals surface area contributed by atoms with Gasteiger partial charge in [0.1, 0.15) is 12.3 Å². The van der Waals surface area contributed by atoms with Crippen LogP contribution < -0.4 is 10.1 Å². The number of nitrogens with zero attached hydrogens (tertiary/aromatic N) is 3. The lowest BCUT2D eigenvalue weighted by Gasteiger charge is -2.16. The summed E-state index contributed by atoms with van der Waals surface area (Å²) >= 11 is 0. The highest BCUT2D eigenvalue weighted by atomic mass is 16.5. The van der Waals surface area contributed by atoms with E-state index in [1.807, 2.05) is 31.2 Å². The van der Waals surface area contributed by atoms with E-state index in [2.05, 4.69) is 20.4 Å². The zero-order chi connectivity index (χ0) is 17.6. The van der Waals surface area contributed by atoms with Crippen molar-refractivity contribution in [2.45, 2.75) is 26.4 Å². The second-order valence-electron chi connectivity index (χ2n) is 5.86. The minimum Gasteiger partial charge on any atom is -0.457 e. The van der Waals surface area contributed by atoms with Gasteiger partial charge in [0.25, 0.3) is 0 Å². The van der Waals surface area contributed by atoms with Crippen LogP contribution in [-0.4, -0.2) is 21.7 Å². The van der Waals surface area contributed by atoms with Crippen LogP contribution >= 0.6 is 0 Å². The van der Waals surface area contributed by atoms with Gasteiger partial charge in [0.05, 0.1) is 5.60 Å². The summed E-state index contributed by atoms with van der Waals surface area (Å²) in [5.74, 6) is 0. The number of hydrogen-bond donors (Lipinski definition) is 3. The molecule has 2 rings (SSSR count). The van der Waals surface area contributed by atoms with Gasteiger partial charge in [0, 0.05) is 29.8 Å². The van der Waals surface area contributed by atoms with Crippen molar-refractivity contribution in [2.24, 2.45) is 5.11 Å². The lowest BCUT2D eigenvalue weighted by atomic mass is 10.0. The number of aromatic nitrogens is 2. The Balaban J connectivity index is 1.95.